The lowest BCUT2D eigenvalue weighted by molar-refractivity contribution is 0.110. The summed E-state index contributed by atoms with van der Waals surface area (Å²) >= 11 is 3.19. The monoisotopic (exact) mass is 261 g/mol. The van der Waals surface area contributed by atoms with Crippen molar-refractivity contribution in [3.63, 3.8) is 0 Å². The normalized spacial score (nSPS) is 16.5. The van der Waals surface area contributed by atoms with Crippen LogP contribution in [-0.4, -0.2) is 21.7 Å². The van der Waals surface area contributed by atoms with Crippen LogP contribution in [0, 0.1) is 0 Å². The first-order chi connectivity index (χ1) is 7.72. The summed E-state index contributed by atoms with van der Waals surface area (Å²) in [6, 6.07) is 0. The number of ether oxygens (including phenoxy) is 1. The lowest BCUT2D eigenvalue weighted by atomic mass is 10.1. The molecule has 1 aliphatic heterocycles. The van der Waals surface area contributed by atoms with E-state index in [-0.39, 0.29) is 6.10 Å². The van der Waals surface area contributed by atoms with Crippen LogP contribution >= 0.6 is 23.5 Å². The minimum Gasteiger partial charge on any atom is -0.445 e. The van der Waals surface area contributed by atoms with Crippen molar-refractivity contribution in [2.45, 2.75) is 52.1 Å². The van der Waals surface area contributed by atoms with Crippen molar-refractivity contribution in [3.05, 3.63) is 0 Å². The lowest BCUT2D eigenvalue weighted by Gasteiger charge is -2.14. The van der Waals surface area contributed by atoms with E-state index < -0.39 is 6.09 Å². The third-order valence-corrected chi connectivity index (χ3v) is 4.64. The van der Waals surface area contributed by atoms with Crippen LogP contribution in [0.1, 0.15) is 46.0 Å². The average molecular weight is 261 g/mol. The quantitative estimate of drug-likeness (QED) is 0.669. The Balaban J connectivity index is 2.08. The van der Waals surface area contributed by atoms with E-state index in [4.69, 9.17) is 4.74 Å². The molecule has 0 radical (unpaired) electrons. The number of carbonyl (C=O) groups is 1. The Morgan fingerprint density at radius 2 is 2.19 bits per heavy atom. The molecule has 1 amide bonds. The van der Waals surface area contributed by atoms with Gasteiger partial charge in [-0.15, -0.1) is 0 Å². The Labute approximate surface area is 106 Å². The van der Waals surface area contributed by atoms with Crippen molar-refractivity contribution < 1.29 is 9.53 Å². The lowest BCUT2D eigenvalue weighted by Crippen LogP contribution is -2.13. The van der Waals surface area contributed by atoms with Gasteiger partial charge >= 0.3 is 6.09 Å². The summed E-state index contributed by atoms with van der Waals surface area (Å²) in [6.07, 6.45) is 5.34. The number of amides is 1. The molecule has 1 heterocycles. The van der Waals surface area contributed by atoms with E-state index >= 15 is 0 Å². The van der Waals surface area contributed by atoms with E-state index in [9.17, 15) is 4.79 Å². The Hall–Kier alpha value is -0.160. The predicted molar refractivity (Wildman–Crippen MR) is 72.2 cm³/mol. The highest BCUT2D eigenvalue weighted by Gasteiger charge is 2.15. The summed E-state index contributed by atoms with van der Waals surface area (Å²) in [7, 11) is 0. The molecule has 3 nitrogen and oxygen atoms in total. The molecule has 5 heteroatoms. The van der Waals surface area contributed by atoms with Gasteiger partial charge in [0.05, 0.1) is 5.08 Å². The predicted octanol–water partition coefficient (Wildman–Crippen LogP) is 4.28. The fourth-order valence-electron chi connectivity index (χ4n) is 1.37. The molecule has 0 aliphatic carbocycles. The standard InChI is InChI=1S/C11H19NO2S2/c1-3-4-5-6-7-9(2)14-10(13)12-11-15-8-16-11/h9H,3-8H2,1-2H3. The Bertz CT molecular complexity index is 250. The Morgan fingerprint density at radius 1 is 1.44 bits per heavy atom. The molecule has 1 rings (SSSR count). The number of nitrogens with zero attached hydrogens (tertiary/aromatic N) is 1. The van der Waals surface area contributed by atoms with Crippen LogP contribution in [0.4, 0.5) is 4.79 Å². The topological polar surface area (TPSA) is 38.7 Å². The molecule has 0 spiro atoms. The summed E-state index contributed by atoms with van der Waals surface area (Å²) in [6.45, 7) is 4.12. The van der Waals surface area contributed by atoms with Crippen molar-refractivity contribution in [1.82, 2.24) is 0 Å². The minimum atomic E-state index is -0.433. The van der Waals surface area contributed by atoms with Gasteiger partial charge in [-0.25, -0.2) is 4.79 Å². The fraction of sp³-hybridized carbons (Fsp3) is 0.818. The minimum absolute atomic E-state index is 0.0104. The van der Waals surface area contributed by atoms with Gasteiger partial charge in [0.15, 0.2) is 0 Å². The molecule has 0 aromatic heterocycles. The largest absolute Gasteiger partial charge is 0.445 e. The zero-order chi connectivity index (χ0) is 11.8. The molecule has 1 fully saturated rings. The summed E-state index contributed by atoms with van der Waals surface area (Å²) in [5.74, 6) is 0. The second-order valence-electron chi connectivity index (χ2n) is 3.83. The fourth-order valence-corrected chi connectivity index (χ4v) is 2.54. The third-order valence-electron chi connectivity index (χ3n) is 2.31. The van der Waals surface area contributed by atoms with Crippen molar-refractivity contribution in [2.75, 3.05) is 5.08 Å². The molecule has 0 bridgehead atoms. The van der Waals surface area contributed by atoms with Gasteiger partial charge in [0, 0.05) is 0 Å². The number of aliphatic imine (C=N–C) groups is 1. The van der Waals surface area contributed by atoms with Gasteiger partial charge in [0.2, 0.25) is 0 Å². The van der Waals surface area contributed by atoms with Crippen molar-refractivity contribution in [2.24, 2.45) is 4.99 Å². The van der Waals surface area contributed by atoms with Gasteiger partial charge in [-0.2, -0.15) is 4.99 Å². The number of rotatable bonds is 6. The van der Waals surface area contributed by atoms with E-state index in [0.29, 0.717) is 0 Å². The number of thioether (sulfide) groups is 2. The molecular formula is C11H19NO2S2. The van der Waals surface area contributed by atoms with E-state index in [1.165, 1.54) is 19.3 Å². The molecular weight excluding hydrogens is 242 g/mol. The van der Waals surface area contributed by atoms with Crippen LogP contribution < -0.4 is 0 Å². The molecule has 92 valence electrons. The Kier molecular flexibility index (Phi) is 6.96. The molecule has 0 saturated carbocycles. The molecule has 0 aromatic rings. The molecule has 0 aromatic carbocycles. The maximum absolute atomic E-state index is 11.3. The van der Waals surface area contributed by atoms with Gasteiger partial charge in [0.1, 0.15) is 10.5 Å². The zero-order valence-corrected chi connectivity index (χ0v) is 11.5. The van der Waals surface area contributed by atoms with Crippen LogP contribution in [-0.2, 0) is 4.74 Å². The average Bonchev–Trinajstić information content (AvgIpc) is 2.18. The van der Waals surface area contributed by atoms with Gasteiger partial charge in [-0.3, -0.25) is 0 Å². The molecule has 1 saturated heterocycles. The van der Waals surface area contributed by atoms with Crippen LogP contribution in [0.2, 0.25) is 0 Å². The summed E-state index contributed by atoms with van der Waals surface area (Å²) < 4.78 is 6.02. The highest BCUT2D eigenvalue weighted by Crippen LogP contribution is 2.32. The third kappa shape index (κ3) is 5.80. The summed E-state index contributed by atoms with van der Waals surface area (Å²) in [4.78, 5) is 15.2. The number of unbranched alkanes of at least 4 members (excludes halogenated alkanes) is 3. The summed E-state index contributed by atoms with van der Waals surface area (Å²) in [5.41, 5.74) is 0. The zero-order valence-electron chi connectivity index (χ0n) is 9.90. The second-order valence-corrected chi connectivity index (χ2v) is 6.38. The van der Waals surface area contributed by atoms with Gasteiger partial charge in [-0.1, -0.05) is 49.7 Å². The maximum Gasteiger partial charge on any atom is 0.435 e. The first kappa shape index (κ1) is 13.9. The maximum atomic E-state index is 11.3. The smallest absolute Gasteiger partial charge is 0.435 e. The molecule has 16 heavy (non-hydrogen) atoms. The molecule has 0 N–H and O–H groups in total. The van der Waals surface area contributed by atoms with Crippen molar-refractivity contribution in [1.29, 1.82) is 0 Å². The second kappa shape index (κ2) is 8.01. The molecule has 1 unspecified atom stereocenters. The first-order valence-corrected chi connectivity index (χ1v) is 7.74. The molecule has 1 aliphatic rings. The van der Waals surface area contributed by atoms with Crippen LogP contribution in [0.25, 0.3) is 0 Å². The van der Waals surface area contributed by atoms with Crippen LogP contribution in [0.3, 0.4) is 0 Å². The SMILES string of the molecule is CCCCCCC(C)OC(=O)N=C1SCS1. The van der Waals surface area contributed by atoms with Gasteiger partial charge in [0.25, 0.3) is 0 Å². The van der Waals surface area contributed by atoms with E-state index in [0.717, 1.165) is 22.3 Å². The van der Waals surface area contributed by atoms with Crippen molar-refractivity contribution >= 4 is 34.0 Å². The summed E-state index contributed by atoms with van der Waals surface area (Å²) in [5, 5.41) is 0.999. The van der Waals surface area contributed by atoms with Crippen molar-refractivity contribution in [3.8, 4) is 0 Å². The van der Waals surface area contributed by atoms with Crippen LogP contribution in [0.5, 0.6) is 0 Å². The number of carbonyl (C=O) groups excluding carboxylic acids is 1. The first-order valence-electron chi connectivity index (χ1n) is 5.77. The molecule has 1 atom stereocenters. The van der Waals surface area contributed by atoms with E-state index in [2.05, 4.69) is 11.9 Å². The number of hydrogen-bond donors (Lipinski definition) is 0. The van der Waals surface area contributed by atoms with Crippen LogP contribution in [0.15, 0.2) is 4.99 Å². The highest BCUT2D eigenvalue weighted by molar-refractivity contribution is 8.52. The van der Waals surface area contributed by atoms with Gasteiger partial charge in [-0.05, 0) is 19.8 Å². The number of hydrogen-bond acceptors (Lipinski definition) is 4. The Morgan fingerprint density at radius 3 is 2.75 bits per heavy atom. The highest BCUT2D eigenvalue weighted by atomic mass is 32.3. The van der Waals surface area contributed by atoms with E-state index in [1.54, 1.807) is 23.5 Å². The van der Waals surface area contributed by atoms with E-state index in [1.807, 2.05) is 6.92 Å². The van der Waals surface area contributed by atoms with Gasteiger partial charge < -0.3 is 4.74 Å².